The van der Waals surface area contributed by atoms with Crippen LogP contribution in [-0.2, 0) is 16.1 Å². The lowest BCUT2D eigenvalue weighted by Gasteiger charge is -2.38. The maximum absolute atomic E-state index is 12.7. The number of rotatable bonds is 4. The van der Waals surface area contributed by atoms with Crippen LogP contribution in [0.25, 0.3) is 0 Å². The molecular weight excluding hydrogens is 320 g/mol. The van der Waals surface area contributed by atoms with E-state index in [1.807, 2.05) is 23.1 Å². The zero-order valence-electron chi connectivity index (χ0n) is 13.8. The van der Waals surface area contributed by atoms with Crippen molar-refractivity contribution in [3.05, 3.63) is 54.4 Å². The highest BCUT2D eigenvalue weighted by atomic mass is 16.5. The molecule has 0 bridgehead atoms. The van der Waals surface area contributed by atoms with E-state index >= 15 is 0 Å². The third-order valence-corrected chi connectivity index (χ3v) is 4.75. The van der Waals surface area contributed by atoms with Crippen LogP contribution in [0.1, 0.15) is 29.0 Å². The minimum atomic E-state index is -0.0990. The molecule has 2 aromatic rings. The lowest BCUT2D eigenvalue weighted by atomic mass is 10.1. The number of carbonyl (C=O) groups excluding carboxylic acids is 1. The molecular formula is C18H20N4O3. The Morgan fingerprint density at radius 2 is 2.20 bits per heavy atom. The third-order valence-electron chi connectivity index (χ3n) is 4.75. The van der Waals surface area contributed by atoms with Gasteiger partial charge in [0.25, 0.3) is 5.91 Å². The average molecular weight is 340 g/mol. The zero-order chi connectivity index (χ0) is 17.1. The van der Waals surface area contributed by atoms with Gasteiger partial charge in [-0.25, -0.2) is 4.98 Å². The van der Waals surface area contributed by atoms with Gasteiger partial charge < -0.3 is 14.4 Å². The lowest BCUT2D eigenvalue weighted by molar-refractivity contribution is -0.109. The first-order valence-electron chi connectivity index (χ1n) is 8.53. The summed E-state index contributed by atoms with van der Waals surface area (Å²) < 4.78 is 12.0. The SMILES string of the molecule is O=C(c1cnccn1)N1CCO[C@H]2[C@H](OCc3ccccn3)CC[C@@H]21. The van der Waals surface area contributed by atoms with Crippen LogP contribution in [0.4, 0.5) is 0 Å². The molecule has 25 heavy (non-hydrogen) atoms. The Kier molecular flexibility index (Phi) is 4.67. The summed E-state index contributed by atoms with van der Waals surface area (Å²) in [5.41, 5.74) is 1.27. The lowest BCUT2D eigenvalue weighted by Crippen LogP contribution is -2.54. The van der Waals surface area contributed by atoms with Crippen molar-refractivity contribution in [2.45, 2.75) is 37.7 Å². The Balaban J connectivity index is 1.42. The average Bonchev–Trinajstić information content (AvgIpc) is 3.10. The van der Waals surface area contributed by atoms with E-state index in [1.165, 1.54) is 6.20 Å². The smallest absolute Gasteiger partial charge is 0.274 e. The molecule has 0 spiro atoms. The normalized spacial score (nSPS) is 25.6. The van der Waals surface area contributed by atoms with Crippen LogP contribution in [0.15, 0.2) is 43.0 Å². The van der Waals surface area contributed by atoms with Gasteiger partial charge >= 0.3 is 0 Å². The topological polar surface area (TPSA) is 77.4 Å². The van der Waals surface area contributed by atoms with Crippen molar-refractivity contribution < 1.29 is 14.3 Å². The highest BCUT2D eigenvalue weighted by molar-refractivity contribution is 5.92. The van der Waals surface area contributed by atoms with E-state index in [1.54, 1.807) is 18.6 Å². The molecule has 2 aromatic heterocycles. The fraction of sp³-hybridized carbons (Fsp3) is 0.444. The maximum atomic E-state index is 12.7. The quantitative estimate of drug-likeness (QED) is 0.839. The summed E-state index contributed by atoms with van der Waals surface area (Å²) in [5.74, 6) is -0.0863. The van der Waals surface area contributed by atoms with E-state index in [2.05, 4.69) is 15.0 Å². The first-order valence-corrected chi connectivity index (χ1v) is 8.53. The van der Waals surface area contributed by atoms with Gasteiger partial charge in [0.1, 0.15) is 11.8 Å². The fourth-order valence-electron chi connectivity index (χ4n) is 3.58. The molecule has 4 rings (SSSR count). The molecule has 1 amide bonds. The Labute approximate surface area is 146 Å². The van der Waals surface area contributed by atoms with E-state index < -0.39 is 0 Å². The largest absolute Gasteiger partial charge is 0.372 e. The van der Waals surface area contributed by atoms with Gasteiger partial charge in [-0.2, -0.15) is 0 Å². The summed E-state index contributed by atoms with van der Waals surface area (Å²) in [6.07, 6.45) is 7.98. The van der Waals surface area contributed by atoms with E-state index in [-0.39, 0.29) is 24.2 Å². The molecule has 0 aromatic carbocycles. The monoisotopic (exact) mass is 340 g/mol. The molecule has 2 aliphatic rings. The molecule has 1 saturated carbocycles. The standard InChI is InChI=1S/C18H20N4O3/c23-18(14-11-19-7-8-21-14)22-9-10-24-17-15(22)4-5-16(17)25-12-13-3-1-2-6-20-13/h1-3,6-8,11,15-17H,4-5,9-10,12H2/t15-,16+,17+/m0/s1. The molecule has 0 radical (unpaired) electrons. The first-order chi connectivity index (χ1) is 12.3. The summed E-state index contributed by atoms with van der Waals surface area (Å²) in [5, 5.41) is 0. The second-order valence-electron chi connectivity index (χ2n) is 6.24. The minimum absolute atomic E-state index is 0.0236. The molecule has 0 N–H and O–H groups in total. The van der Waals surface area contributed by atoms with Crippen LogP contribution >= 0.6 is 0 Å². The van der Waals surface area contributed by atoms with Crippen molar-refractivity contribution in [3.63, 3.8) is 0 Å². The number of fused-ring (bicyclic) bond motifs is 1. The van der Waals surface area contributed by atoms with Gasteiger partial charge in [0, 0.05) is 25.1 Å². The number of nitrogens with zero attached hydrogens (tertiary/aromatic N) is 4. The van der Waals surface area contributed by atoms with Crippen molar-refractivity contribution >= 4 is 5.91 Å². The highest BCUT2D eigenvalue weighted by Crippen LogP contribution is 2.33. The Morgan fingerprint density at radius 3 is 3.00 bits per heavy atom. The Bertz CT molecular complexity index is 713. The number of aromatic nitrogens is 3. The van der Waals surface area contributed by atoms with Gasteiger partial charge in [0.2, 0.25) is 0 Å². The second-order valence-corrected chi connectivity index (χ2v) is 6.24. The van der Waals surface area contributed by atoms with Crippen LogP contribution in [-0.4, -0.2) is 57.2 Å². The van der Waals surface area contributed by atoms with Gasteiger partial charge in [-0.05, 0) is 25.0 Å². The molecule has 130 valence electrons. The van der Waals surface area contributed by atoms with Crippen LogP contribution in [0.3, 0.4) is 0 Å². The molecule has 2 fully saturated rings. The first kappa shape index (κ1) is 16.1. The number of hydrogen-bond donors (Lipinski definition) is 0. The maximum Gasteiger partial charge on any atom is 0.274 e. The second kappa shape index (κ2) is 7.25. The molecule has 7 heteroatoms. The summed E-state index contributed by atoms with van der Waals surface area (Å²) in [4.78, 5) is 27.0. The number of ether oxygens (including phenoxy) is 2. The van der Waals surface area contributed by atoms with E-state index in [9.17, 15) is 4.79 Å². The van der Waals surface area contributed by atoms with Gasteiger partial charge in [0.05, 0.1) is 37.3 Å². The van der Waals surface area contributed by atoms with Crippen LogP contribution in [0.5, 0.6) is 0 Å². The summed E-state index contributed by atoms with van der Waals surface area (Å²) >= 11 is 0. The molecule has 7 nitrogen and oxygen atoms in total. The van der Waals surface area contributed by atoms with Crippen LogP contribution in [0, 0.1) is 0 Å². The van der Waals surface area contributed by atoms with Crippen molar-refractivity contribution in [3.8, 4) is 0 Å². The van der Waals surface area contributed by atoms with Gasteiger partial charge in [-0.1, -0.05) is 6.07 Å². The van der Waals surface area contributed by atoms with Crippen molar-refractivity contribution in [2.75, 3.05) is 13.2 Å². The van der Waals surface area contributed by atoms with Gasteiger partial charge in [-0.15, -0.1) is 0 Å². The molecule has 0 unspecified atom stereocenters. The molecule has 1 saturated heterocycles. The van der Waals surface area contributed by atoms with E-state index in [0.717, 1.165) is 18.5 Å². The minimum Gasteiger partial charge on any atom is -0.372 e. The molecule has 3 heterocycles. The zero-order valence-corrected chi connectivity index (χ0v) is 13.8. The van der Waals surface area contributed by atoms with Crippen molar-refractivity contribution in [1.82, 2.24) is 19.9 Å². The summed E-state index contributed by atoms with van der Waals surface area (Å²) in [6, 6.07) is 5.80. The van der Waals surface area contributed by atoms with Crippen molar-refractivity contribution in [1.29, 1.82) is 0 Å². The predicted molar refractivity (Wildman–Crippen MR) is 88.6 cm³/mol. The van der Waals surface area contributed by atoms with Crippen LogP contribution < -0.4 is 0 Å². The van der Waals surface area contributed by atoms with Gasteiger partial charge in [-0.3, -0.25) is 14.8 Å². The van der Waals surface area contributed by atoms with E-state index in [0.29, 0.717) is 25.5 Å². The van der Waals surface area contributed by atoms with E-state index in [4.69, 9.17) is 9.47 Å². The third kappa shape index (κ3) is 3.38. The number of morpholine rings is 1. The number of hydrogen-bond acceptors (Lipinski definition) is 6. The molecule has 1 aliphatic heterocycles. The number of pyridine rings is 1. The Hall–Kier alpha value is -2.38. The van der Waals surface area contributed by atoms with Crippen molar-refractivity contribution in [2.24, 2.45) is 0 Å². The number of amides is 1. The van der Waals surface area contributed by atoms with Crippen LogP contribution in [0.2, 0.25) is 0 Å². The fourth-order valence-corrected chi connectivity index (χ4v) is 3.58. The molecule has 1 aliphatic carbocycles. The summed E-state index contributed by atoms with van der Waals surface area (Å²) in [6.45, 7) is 1.54. The Morgan fingerprint density at radius 1 is 1.24 bits per heavy atom. The van der Waals surface area contributed by atoms with Gasteiger partial charge in [0.15, 0.2) is 0 Å². The summed E-state index contributed by atoms with van der Waals surface area (Å²) in [7, 11) is 0. The molecule has 3 atom stereocenters. The highest BCUT2D eigenvalue weighted by Gasteiger charge is 2.45. The predicted octanol–water partition coefficient (Wildman–Crippen LogP) is 1.46. The number of carbonyl (C=O) groups is 1.